The lowest BCUT2D eigenvalue weighted by Gasteiger charge is -2.18. The van der Waals surface area contributed by atoms with E-state index < -0.39 is 0 Å². The molecule has 2 unspecified atom stereocenters. The number of allylic oxidation sites excluding steroid dienone is 8. The number of epoxide rings is 1. The second-order valence-corrected chi connectivity index (χ2v) is 14.7. The topological polar surface area (TPSA) is 27.8 Å². The molecule has 1 aliphatic heterocycles. The van der Waals surface area contributed by atoms with Gasteiger partial charge in [0, 0.05) is 6.04 Å². The highest BCUT2D eigenvalue weighted by atomic mass is 16.6. The van der Waals surface area contributed by atoms with Crippen molar-refractivity contribution in [2.75, 3.05) is 20.6 Å². The molecule has 1 fully saturated rings. The molecule has 0 bridgehead atoms. The van der Waals surface area contributed by atoms with E-state index in [4.69, 9.17) is 4.74 Å². The number of hydrogen-bond acceptors (Lipinski definition) is 3. The van der Waals surface area contributed by atoms with Crippen LogP contribution in [-0.4, -0.2) is 43.9 Å². The van der Waals surface area contributed by atoms with Crippen molar-refractivity contribution in [3.05, 3.63) is 48.6 Å². The Balaban J connectivity index is 2.12. The first-order chi connectivity index (χ1) is 23.2. The van der Waals surface area contributed by atoms with Crippen LogP contribution in [0.2, 0.25) is 0 Å². The standard InChI is InChI=1S/C44H82N2O/c1-5-7-9-11-13-15-17-19-21-23-25-27-29-31-33-35-38-42(45-44-43(47-44)40-37-41-46(3)4)39-36-34-32-30-28-26-24-22-20-18-16-14-12-10-8-6-2/h13-16,19-22,42-45H,5-12,17-18,23-41H2,1-4H3/b15-13-,16-14-,21-19-,22-20-. The number of hydrogen-bond donors (Lipinski definition) is 1. The molecule has 47 heavy (non-hydrogen) atoms. The molecule has 274 valence electrons. The van der Waals surface area contributed by atoms with Crippen molar-refractivity contribution in [3.8, 4) is 0 Å². The van der Waals surface area contributed by atoms with E-state index in [1.54, 1.807) is 0 Å². The second-order valence-electron chi connectivity index (χ2n) is 14.7. The first kappa shape index (κ1) is 43.9. The van der Waals surface area contributed by atoms with Crippen LogP contribution in [0.15, 0.2) is 48.6 Å². The molecular weight excluding hydrogens is 572 g/mol. The molecular formula is C44H82N2O. The molecule has 1 heterocycles. The lowest BCUT2D eigenvalue weighted by atomic mass is 9.99. The average Bonchev–Trinajstić information content (AvgIpc) is 3.81. The van der Waals surface area contributed by atoms with Crippen LogP contribution in [-0.2, 0) is 4.74 Å². The van der Waals surface area contributed by atoms with Crippen LogP contribution in [0.1, 0.15) is 194 Å². The SMILES string of the molecule is CCCCC/C=C\C/C=C\CCCCCCCCC(CCCCCCCC/C=C\C/C=C\CCCCC)NC1OC1CCCN(C)C. The summed E-state index contributed by atoms with van der Waals surface area (Å²) in [6.45, 7) is 5.71. The van der Waals surface area contributed by atoms with Crippen LogP contribution in [0.5, 0.6) is 0 Å². The molecule has 0 amide bonds. The Morgan fingerprint density at radius 2 is 0.915 bits per heavy atom. The third-order valence-corrected chi connectivity index (χ3v) is 9.58. The highest BCUT2D eigenvalue weighted by molar-refractivity contribution is 4.93. The number of unbranched alkanes of at least 4 members (excludes halogenated alkanes) is 18. The fourth-order valence-electron chi connectivity index (χ4n) is 6.42. The third kappa shape index (κ3) is 31.8. The summed E-state index contributed by atoms with van der Waals surface area (Å²) >= 11 is 0. The molecule has 1 aliphatic rings. The van der Waals surface area contributed by atoms with Gasteiger partial charge in [0.25, 0.3) is 0 Å². The maximum Gasteiger partial charge on any atom is 0.135 e. The van der Waals surface area contributed by atoms with Crippen molar-refractivity contribution < 1.29 is 4.74 Å². The van der Waals surface area contributed by atoms with Crippen molar-refractivity contribution >= 4 is 0 Å². The highest BCUT2D eigenvalue weighted by Gasteiger charge is 2.39. The second kappa shape index (κ2) is 34.7. The lowest BCUT2D eigenvalue weighted by molar-refractivity contribution is 0.300. The summed E-state index contributed by atoms with van der Waals surface area (Å²) < 4.78 is 6.05. The van der Waals surface area contributed by atoms with Gasteiger partial charge in [0.05, 0.1) is 6.10 Å². The van der Waals surface area contributed by atoms with Crippen molar-refractivity contribution in [1.29, 1.82) is 0 Å². The first-order valence-corrected chi connectivity index (χ1v) is 20.8. The minimum Gasteiger partial charge on any atom is -0.353 e. The molecule has 2 atom stereocenters. The molecule has 0 radical (unpaired) electrons. The molecule has 0 aromatic rings. The van der Waals surface area contributed by atoms with Gasteiger partial charge < -0.3 is 9.64 Å². The van der Waals surface area contributed by atoms with Crippen LogP contribution < -0.4 is 5.32 Å². The Morgan fingerprint density at radius 3 is 1.34 bits per heavy atom. The molecule has 3 heteroatoms. The molecule has 0 aliphatic carbocycles. The van der Waals surface area contributed by atoms with E-state index in [9.17, 15) is 0 Å². The van der Waals surface area contributed by atoms with Gasteiger partial charge in [-0.3, -0.25) is 5.32 Å². The fourth-order valence-corrected chi connectivity index (χ4v) is 6.42. The quantitative estimate of drug-likeness (QED) is 0.0414. The van der Waals surface area contributed by atoms with E-state index in [-0.39, 0.29) is 0 Å². The predicted molar refractivity (Wildman–Crippen MR) is 211 cm³/mol. The first-order valence-electron chi connectivity index (χ1n) is 20.8. The molecule has 0 aromatic heterocycles. The zero-order valence-corrected chi connectivity index (χ0v) is 32.2. The molecule has 0 aromatic carbocycles. The van der Waals surface area contributed by atoms with Crippen molar-refractivity contribution in [1.82, 2.24) is 10.2 Å². The summed E-state index contributed by atoms with van der Waals surface area (Å²) in [6, 6.07) is 0.635. The van der Waals surface area contributed by atoms with E-state index in [0.717, 1.165) is 19.4 Å². The van der Waals surface area contributed by atoms with Gasteiger partial charge in [-0.2, -0.15) is 0 Å². The van der Waals surface area contributed by atoms with E-state index in [1.807, 2.05) is 0 Å². The van der Waals surface area contributed by atoms with Crippen molar-refractivity contribution in [2.24, 2.45) is 0 Å². The molecule has 0 spiro atoms. The Hall–Kier alpha value is -1.16. The van der Waals surface area contributed by atoms with Crippen LogP contribution in [0.4, 0.5) is 0 Å². The minimum absolute atomic E-state index is 0.316. The average molecular weight is 655 g/mol. The van der Waals surface area contributed by atoms with Crippen LogP contribution >= 0.6 is 0 Å². The number of nitrogens with one attached hydrogen (secondary N) is 1. The van der Waals surface area contributed by atoms with Crippen LogP contribution in [0.3, 0.4) is 0 Å². The van der Waals surface area contributed by atoms with Gasteiger partial charge in [0.15, 0.2) is 0 Å². The molecule has 0 saturated carbocycles. The molecule has 1 N–H and O–H groups in total. The zero-order valence-electron chi connectivity index (χ0n) is 32.2. The Bertz CT molecular complexity index is 706. The van der Waals surface area contributed by atoms with Crippen molar-refractivity contribution in [2.45, 2.75) is 212 Å². The zero-order chi connectivity index (χ0) is 33.9. The Morgan fingerprint density at radius 1 is 0.511 bits per heavy atom. The summed E-state index contributed by atoms with van der Waals surface area (Å²) in [6.07, 6.45) is 56.6. The van der Waals surface area contributed by atoms with Crippen LogP contribution in [0, 0.1) is 0 Å². The van der Waals surface area contributed by atoms with Gasteiger partial charge in [-0.05, 0) is 111 Å². The smallest absolute Gasteiger partial charge is 0.135 e. The van der Waals surface area contributed by atoms with Gasteiger partial charge in [0.2, 0.25) is 0 Å². The maximum absolute atomic E-state index is 6.05. The van der Waals surface area contributed by atoms with Gasteiger partial charge in [-0.15, -0.1) is 0 Å². The van der Waals surface area contributed by atoms with Gasteiger partial charge in [-0.1, -0.05) is 152 Å². The lowest BCUT2D eigenvalue weighted by Crippen LogP contribution is -2.33. The molecule has 3 nitrogen and oxygen atoms in total. The Kier molecular flexibility index (Phi) is 32.4. The highest BCUT2D eigenvalue weighted by Crippen LogP contribution is 2.26. The third-order valence-electron chi connectivity index (χ3n) is 9.58. The van der Waals surface area contributed by atoms with Crippen LogP contribution in [0.25, 0.3) is 0 Å². The minimum atomic E-state index is 0.316. The van der Waals surface area contributed by atoms with E-state index in [1.165, 1.54) is 167 Å². The normalized spacial score (nSPS) is 16.9. The summed E-state index contributed by atoms with van der Waals surface area (Å²) in [7, 11) is 4.33. The summed E-state index contributed by atoms with van der Waals surface area (Å²) in [5.41, 5.74) is 0. The van der Waals surface area contributed by atoms with E-state index in [0.29, 0.717) is 18.4 Å². The largest absolute Gasteiger partial charge is 0.353 e. The van der Waals surface area contributed by atoms with Crippen molar-refractivity contribution in [3.63, 3.8) is 0 Å². The number of rotatable bonds is 36. The summed E-state index contributed by atoms with van der Waals surface area (Å²) in [5, 5.41) is 3.92. The summed E-state index contributed by atoms with van der Waals surface area (Å²) in [4.78, 5) is 2.28. The molecule has 1 saturated heterocycles. The summed E-state index contributed by atoms with van der Waals surface area (Å²) in [5.74, 6) is 0. The fraction of sp³-hybridized carbons (Fsp3) is 0.818. The number of ether oxygens (including phenoxy) is 1. The predicted octanol–water partition coefficient (Wildman–Crippen LogP) is 13.4. The monoisotopic (exact) mass is 655 g/mol. The molecule has 1 rings (SSSR count). The van der Waals surface area contributed by atoms with Gasteiger partial charge in [-0.25, -0.2) is 0 Å². The Labute approximate surface area is 295 Å². The van der Waals surface area contributed by atoms with E-state index in [2.05, 4.69) is 86.8 Å². The maximum atomic E-state index is 6.05. The number of nitrogens with zero attached hydrogens (tertiary/aromatic N) is 1. The van der Waals surface area contributed by atoms with Gasteiger partial charge >= 0.3 is 0 Å². The van der Waals surface area contributed by atoms with Gasteiger partial charge in [0.1, 0.15) is 6.23 Å². The van der Waals surface area contributed by atoms with E-state index >= 15 is 0 Å².